The lowest BCUT2D eigenvalue weighted by atomic mass is 10.5. The minimum absolute atomic E-state index is 0.158. The van der Waals surface area contributed by atoms with Gasteiger partial charge in [0.2, 0.25) is 0 Å². The molecule has 0 radical (unpaired) electrons. The van der Waals surface area contributed by atoms with Crippen LogP contribution in [0.1, 0.15) is 6.42 Å². The van der Waals surface area contributed by atoms with E-state index in [4.69, 9.17) is 19.8 Å². The number of aliphatic hydroxyl groups excluding tert-OH is 1. The molecule has 0 aliphatic rings. The highest BCUT2D eigenvalue weighted by Gasteiger charge is 2.33. The van der Waals surface area contributed by atoms with Crippen LogP contribution in [0.4, 0.5) is 0 Å². The van der Waals surface area contributed by atoms with Crippen molar-refractivity contribution in [1.29, 1.82) is 0 Å². The van der Waals surface area contributed by atoms with Gasteiger partial charge in [0.1, 0.15) is 0 Å². The van der Waals surface area contributed by atoms with Gasteiger partial charge in [-0.1, -0.05) is 0 Å². The summed E-state index contributed by atoms with van der Waals surface area (Å²) >= 11 is 0. The Bertz CT molecular complexity index is 426. The fourth-order valence-electron chi connectivity index (χ4n) is 0.612. The Morgan fingerprint density at radius 3 is 2.00 bits per heavy atom. The van der Waals surface area contributed by atoms with Crippen molar-refractivity contribution in [1.82, 2.24) is 4.68 Å². The van der Waals surface area contributed by atoms with Gasteiger partial charge in [0.05, 0.1) is 0 Å². The maximum atomic E-state index is 10.0. The lowest BCUT2D eigenvalue weighted by molar-refractivity contribution is 0.308. The first-order chi connectivity index (χ1) is 8.18. The second-order valence-corrected chi connectivity index (χ2v) is 9.71. The van der Waals surface area contributed by atoms with E-state index in [1.165, 1.54) is 0 Å². The molecule has 0 aliphatic carbocycles. The molecule has 104 valence electrons. The van der Waals surface area contributed by atoms with E-state index < -0.39 is 14.3 Å². The fraction of sp³-hybridized carbons (Fsp3) is 0.375. The number of hydrogen-bond donors (Lipinski definition) is 4. The Hall–Kier alpha value is -0.750. The Kier molecular flexibility index (Phi) is 7.32. The molecule has 0 amide bonds. The maximum absolute atomic E-state index is 10.0. The van der Waals surface area contributed by atoms with Crippen molar-refractivity contribution in [2.24, 2.45) is 5.10 Å². The average Bonchev–Trinajstić information content (AvgIpc) is 2.69. The van der Waals surface area contributed by atoms with Gasteiger partial charge in [-0.2, -0.15) is 5.10 Å². The molecule has 4 N–H and O–H groups in total. The van der Waals surface area contributed by atoms with Crippen LogP contribution in [-0.4, -0.2) is 43.9 Å². The molecule has 1 aromatic rings. The third kappa shape index (κ3) is 7.55. The summed E-state index contributed by atoms with van der Waals surface area (Å²) in [4.78, 5) is 24.1. The van der Waals surface area contributed by atoms with Crippen molar-refractivity contribution >= 4 is 20.6 Å². The monoisotopic (exact) mass is 298 g/mol. The minimum atomic E-state index is -4.74. The first kappa shape index (κ1) is 17.2. The highest BCUT2D eigenvalue weighted by Crippen LogP contribution is 2.71. The first-order valence-electron chi connectivity index (χ1n) is 4.81. The molecule has 1 atom stereocenters. The van der Waals surface area contributed by atoms with Gasteiger partial charge in [0.15, 0.2) is 0 Å². The lowest BCUT2D eigenvalue weighted by Gasteiger charge is -2.04. The molecular formula is C8H16N2O6P2. The molecule has 0 spiro atoms. The molecule has 0 aromatic carbocycles. The van der Waals surface area contributed by atoms with Crippen LogP contribution in [-0.2, 0) is 9.13 Å². The van der Waals surface area contributed by atoms with Crippen LogP contribution in [0, 0.1) is 0 Å². The molecule has 18 heavy (non-hydrogen) atoms. The molecule has 10 heteroatoms. The molecule has 1 heterocycles. The molecular weight excluding hydrogens is 282 g/mol. The second kappa shape index (κ2) is 7.63. The summed E-state index contributed by atoms with van der Waals surface area (Å²) in [7, 11) is -8.92. The SMILES string of the molecule is CP(=O)(O)P(=O)(O)O.OCCC=Nn1cccc1. The summed E-state index contributed by atoms with van der Waals surface area (Å²) in [5, 5.41) is 12.4. The first-order valence-corrected chi connectivity index (χ1v) is 9.24. The van der Waals surface area contributed by atoms with Gasteiger partial charge in [-0.15, -0.1) is 0 Å². The quantitative estimate of drug-likeness (QED) is 0.477. The van der Waals surface area contributed by atoms with E-state index >= 15 is 0 Å². The molecule has 1 unspecified atom stereocenters. The summed E-state index contributed by atoms with van der Waals surface area (Å²) < 4.78 is 21.6. The van der Waals surface area contributed by atoms with Crippen molar-refractivity contribution in [3.8, 4) is 0 Å². The van der Waals surface area contributed by atoms with Crippen LogP contribution >= 0.6 is 14.3 Å². The minimum Gasteiger partial charge on any atom is -0.396 e. The molecule has 0 aliphatic heterocycles. The van der Waals surface area contributed by atoms with Crippen LogP contribution in [0.5, 0.6) is 0 Å². The number of aliphatic hydroxyl groups is 1. The van der Waals surface area contributed by atoms with Crippen molar-refractivity contribution in [2.45, 2.75) is 6.42 Å². The normalized spacial score (nSPS) is 14.9. The zero-order chi connectivity index (χ0) is 14.2. The van der Waals surface area contributed by atoms with E-state index in [0.29, 0.717) is 13.1 Å². The van der Waals surface area contributed by atoms with Crippen molar-refractivity contribution in [3.05, 3.63) is 24.5 Å². The molecule has 0 bridgehead atoms. The zero-order valence-corrected chi connectivity index (χ0v) is 11.5. The summed E-state index contributed by atoms with van der Waals surface area (Å²) in [5.74, 6) is 0. The highest BCUT2D eigenvalue weighted by molar-refractivity contribution is 8.28. The Labute approximate surface area is 104 Å². The van der Waals surface area contributed by atoms with E-state index in [9.17, 15) is 9.13 Å². The Morgan fingerprint density at radius 2 is 1.67 bits per heavy atom. The number of nitrogens with zero attached hydrogens (tertiary/aromatic N) is 2. The number of rotatable bonds is 4. The molecule has 1 rings (SSSR count). The van der Waals surface area contributed by atoms with Crippen molar-refractivity contribution < 1.29 is 28.9 Å². The van der Waals surface area contributed by atoms with E-state index in [1.807, 2.05) is 24.5 Å². The van der Waals surface area contributed by atoms with Crippen LogP contribution < -0.4 is 0 Å². The smallest absolute Gasteiger partial charge is 0.396 e. The second-order valence-electron chi connectivity index (χ2n) is 3.22. The lowest BCUT2D eigenvalue weighted by Crippen LogP contribution is -1.87. The summed E-state index contributed by atoms with van der Waals surface area (Å²) in [6.07, 6.45) is 5.97. The zero-order valence-electron chi connectivity index (χ0n) is 9.70. The largest absolute Gasteiger partial charge is 0.407 e. The predicted molar refractivity (Wildman–Crippen MR) is 67.8 cm³/mol. The maximum Gasteiger partial charge on any atom is 0.407 e. The van der Waals surface area contributed by atoms with Gasteiger partial charge < -0.3 is 19.8 Å². The summed E-state index contributed by atoms with van der Waals surface area (Å²) in [6.45, 7) is 0.776. The van der Waals surface area contributed by atoms with Crippen molar-refractivity contribution in [3.63, 3.8) is 0 Å². The Morgan fingerprint density at radius 1 is 1.22 bits per heavy atom. The molecule has 1 aromatic heterocycles. The van der Waals surface area contributed by atoms with E-state index in [1.54, 1.807) is 10.9 Å². The van der Waals surface area contributed by atoms with Gasteiger partial charge in [-0.25, -0.2) is 9.24 Å². The third-order valence-corrected chi connectivity index (χ3v) is 5.41. The van der Waals surface area contributed by atoms with Crippen molar-refractivity contribution in [2.75, 3.05) is 13.3 Å². The van der Waals surface area contributed by atoms with E-state index in [0.717, 1.165) is 0 Å². The fourth-order valence-corrected chi connectivity index (χ4v) is 0.612. The van der Waals surface area contributed by atoms with Gasteiger partial charge in [0, 0.05) is 38.3 Å². The topological polar surface area (TPSA) is 132 Å². The van der Waals surface area contributed by atoms with Crippen LogP contribution in [0.3, 0.4) is 0 Å². The average molecular weight is 298 g/mol. The third-order valence-electron chi connectivity index (χ3n) is 1.55. The summed E-state index contributed by atoms with van der Waals surface area (Å²) in [6, 6.07) is 3.80. The Balaban J connectivity index is 0.000000331. The van der Waals surface area contributed by atoms with Gasteiger partial charge >= 0.3 is 14.3 Å². The highest BCUT2D eigenvalue weighted by atomic mass is 32.1. The predicted octanol–water partition coefficient (Wildman–Crippen LogP) is 0.684. The van der Waals surface area contributed by atoms with Crippen LogP contribution in [0.2, 0.25) is 0 Å². The van der Waals surface area contributed by atoms with E-state index in [-0.39, 0.29) is 6.61 Å². The number of aromatic nitrogens is 1. The van der Waals surface area contributed by atoms with Gasteiger partial charge in [-0.05, 0) is 12.1 Å². The standard InChI is InChI=1S/C7H10N2O.CH6O5P2/c10-7-3-4-8-9-5-1-2-6-9;1-7(2,3)8(4,5)6/h1-2,4-6,10H,3,7H2;1H3,(H,2,3)(H2,4,5,6). The van der Waals surface area contributed by atoms with Gasteiger partial charge in [-0.3, -0.25) is 4.57 Å². The summed E-state index contributed by atoms with van der Waals surface area (Å²) in [5.41, 5.74) is 0. The van der Waals surface area contributed by atoms with Gasteiger partial charge in [0.25, 0.3) is 0 Å². The molecule has 8 nitrogen and oxygen atoms in total. The molecule has 0 saturated carbocycles. The molecule has 0 saturated heterocycles. The van der Waals surface area contributed by atoms with Crippen LogP contribution in [0.15, 0.2) is 29.6 Å². The van der Waals surface area contributed by atoms with E-state index in [2.05, 4.69) is 5.10 Å². The van der Waals surface area contributed by atoms with Crippen LogP contribution in [0.25, 0.3) is 0 Å². The number of hydrogen-bond acceptors (Lipinski definition) is 4. The molecule has 0 fully saturated rings.